The third-order valence-corrected chi connectivity index (χ3v) is 6.21. The van der Waals surface area contributed by atoms with E-state index in [1.807, 2.05) is 0 Å². The highest BCUT2D eigenvalue weighted by Crippen LogP contribution is 2.45. The maximum atomic E-state index is 13.7. The Morgan fingerprint density at radius 2 is 1.88 bits per heavy atom. The molecule has 166 valence electrons. The minimum atomic E-state index is -0.606. The molecule has 3 aromatic heterocycles. The summed E-state index contributed by atoms with van der Waals surface area (Å²) in [5.41, 5.74) is 1.10. The summed E-state index contributed by atoms with van der Waals surface area (Å²) in [6.07, 6.45) is 0. The highest BCUT2D eigenvalue weighted by molar-refractivity contribution is 7.20. The number of aromatic nitrogens is 2. The molecular formula is C24H17FN2O5S. The van der Waals surface area contributed by atoms with Crippen molar-refractivity contribution in [1.82, 2.24) is 9.55 Å². The van der Waals surface area contributed by atoms with Gasteiger partial charge in [-0.3, -0.25) is 9.36 Å². The molecular weight excluding hydrogens is 447 g/mol. The van der Waals surface area contributed by atoms with Crippen molar-refractivity contribution in [3.63, 3.8) is 0 Å². The van der Waals surface area contributed by atoms with E-state index in [-0.39, 0.29) is 22.1 Å². The van der Waals surface area contributed by atoms with Crippen LogP contribution in [0.4, 0.5) is 4.39 Å². The Morgan fingerprint density at radius 3 is 2.55 bits per heavy atom. The predicted octanol–water partition coefficient (Wildman–Crippen LogP) is 5.45. The Kier molecular flexibility index (Phi) is 4.90. The van der Waals surface area contributed by atoms with Crippen molar-refractivity contribution >= 4 is 27.3 Å². The number of hydrogen-bond donors (Lipinski definition) is 2. The van der Waals surface area contributed by atoms with Crippen molar-refractivity contribution in [2.45, 2.75) is 6.92 Å². The molecule has 2 N–H and O–H groups in total. The Morgan fingerprint density at radius 1 is 1.12 bits per heavy atom. The van der Waals surface area contributed by atoms with Crippen LogP contribution in [0.1, 0.15) is 21.9 Å². The molecule has 0 amide bonds. The number of thiazole rings is 1. The van der Waals surface area contributed by atoms with Gasteiger partial charge in [0, 0.05) is 0 Å². The van der Waals surface area contributed by atoms with E-state index >= 15 is 0 Å². The van der Waals surface area contributed by atoms with Crippen LogP contribution in [0.2, 0.25) is 0 Å². The van der Waals surface area contributed by atoms with Crippen LogP contribution in [0.15, 0.2) is 59.0 Å². The van der Waals surface area contributed by atoms with E-state index in [2.05, 4.69) is 4.98 Å². The van der Waals surface area contributed by atoms with Gasteiger partial charge < -0.3 is 19.4 Å². The van der Waals surface area contributed by atoms with Gasteiger partial charge in [0.1, 0.15) is 17.3 Å². The molecule has 0 saturated carbocycles. The van der Waals surface area contributed by atoms with Crippen molar-refractivity contribution in [2.24, 2.45) is 0 Å². The van der Waals surface area contributed by atoms with Crippen LogP contribution < -0.4 is 4.74 Å². The molecule has 9 heteroatoms. The van der Waals surface area contributed by atoms with E-state index in [0.717, 1.165) is 11.3 Å². The Hall–Kier alpha value is -4.11. The fourth-order valence-corrected chi connectivity index (χ4v) is 4.63. The summed E-state index contributed by atoms with van der Waals surface area (Å²) in [5, 5.41) is 22.0. The van der Waals surface area contributed by atoms with Crippen LogP contribution in [0.25, 0.3) is 26.6 Å². The summed E-state index contributed by atoms with van der Waals surface area (Å²) in [6, 6.07) is 14.1. The lowest BCUT2D eigenvalue weighted by atomic mass is 10.0. The van der Waals surface area contributed by atoms with Gasteiger partial charge in [-0.1, -0.05) is 11.3 Å². The first-order valence-electron chi connectivity index (χ1n) is 9.86. The molecule has 0 saturated heterocycles. The normalized spacial score (nSPS) is 11.2. The zero-order chi connectivity index (χ0) is 23.3. The molecule has 0 unspecified atom stereocenters. The molecule has 33 heavy (non-hydrogen) atoms. The largest absolute Gasteiger partial charge is 0.503 e. The second-order valence-electron chi connectivity index (χ2n) is 7.31. The number of rotatable bonds is 5. The lowest BCUT2D eigenvalue weighted by Crippen LogP contribution is -2.04. The number of carbonyl (C=O) groups is 1. The molecule has 2 aromatic carbocycles. The topological polar surface area (TPSA) is 97.7 Å². The summed E-state index contributed by atoms with van der Waals surface area (Å²) in [7, 11) is 1.53. The zero-order valence-electron chi connectivity index (χ0n) is 17.5. The van der Waals surface area contributed by atoms with Gasteiger partial charge in [-0.2, -0.15) is 0 Å². The number of benzene rings is 2. The first-order chi connectivity index (χ1) is 15.9. The standard InChI is InChI=1S/C24H17FN2O5S/c1-12-3-10-17(32-12)21(28)19-20(13-4-7-15(31-2)8-5-13)27(23(30)22(19)29)24-26-16-9-6-14(25)11-18(16)33-24/h3-11,29-30H,1-2H3. The minimum Gasteiger partial charge on any atom is -0.503 e. The summed E-state index contributed by atoms with van der Waals surface area (Å²) in [4.78, 5) is 17.8. The summed E-state index contributed by atoms with van der Waals surface area (Å²) < 4.78 is 26.2. The third-order valence-electron chi connectivity index (χ3n) is 5.21. The molecule has 0 fully saturated rings. The third kappa shape index (κ3) is 3.42. The number of aryl methyl sites for hydroxylation is 1. The molecule has 0 aliphatic carbocycles. The van der Waals surface area contributed by atoms with E-state index < -0.39 is 23.2 Å². The monoisotopic (exact) mass is 464 g/mol. The van der Waals surface area contributed by atoms with Gasteiger partial charge in [-0.15, -0.1) is 0 Å². The van der Waals surface area contributed by atoms with Crippen molar-refractivity contribution in [3.8, 4) is 33.8 Å². The molecule has 7 nitrogen and oxygen atoms in total. The first kappa shape index (κ1) is 20.8. The van der Waals surface area contributed by atoms with Crippen LogP contribution in [0.3, 0.4) is 0 Å². The van der Waals surface area contributed by atoms with Gasteiger partial charge in [0.15, 0.2) is 16.6 Å². The number of hydrogen-bond acceptors (Lipinski definition) is 7. The number of methoxy groups -OCH3 is 1. The number of aromatic hydroxyl groups is 2. The number of carbonyl (C=O) groups excluding carboxylic acids is 1. The maximum absolute atomic E-state index is 13.7. The molecule has 0 spiro atoms. The average molecular weight is 464 g/mol. The van der Waals surface area contributed by atoms with Crippen LogP contribution >= 0.6 is 11.3 Å². The number of furan rings is 1. The number of fused-ring (bicyclic) bond motifs is 1. The molecule has 0 aliphatic heterocycles. The number of halogens is 1. The van der Waals surface area contributed by atoms with E-state index in [1.165, 1.54) is 35.9 Å². The van der Waals surface area contributed by atoms with E-state index in [1.54, 1.807) is 37.3 Å². The second-order valence-corrected chi connectivity index (χ2v) is 8.32. The van der Waals surface area contributed by atoms with Gasteiger partial charge in [0.2, 0.25) is 11.7 Å². The van der Waals surface area contributed by atoms with Gasteiger partial charge in [0.05, 0.1) is 28.6 Å². The maximum Gasteiger partial charge on any atom is 0.242 e. The fourth-order valence-electron chi connectivity index (χ4n) is 3.63. The van der Waals surface area contributed by atoms with Gasteiger partial charge in [-0.25, -0.2) is 9.37 Å². The van der Waals surface area contributed by atoms with Crippen molar-refractivity contribution in [1.29, 1.82) is 0 Å². The Labute approximate surface area is 190 Å². The number of nitrogens with zero attached hydrogens (tertiary/aromatic N) is 2. The van der Waals surface area contributed by atoms with Crippen LogP contribution in [-0.2, 0) is 0 Å². The molecule has 0 atom stereocenters. The summed E-state index contributed by atoms with van der Waals surface area (Å²) in [5.74, 6) is -1.06. The zero-order valence-corrected chi connectivity index (χ0v) is 18.3. The molecule has 0 aliphatic rings. The Bertz CT molecular complexity index is 1510. The fraction of sp³-hybridized carbons (Fsp3) is 0.0833. The molecule has 5 aromatic rings. The quantitative estimate of drug-likeness (QED) is 0.336. The SMILES string of the molecule is COc1ccc(-c2c(C(=O)c3ccc(C)o3)c(O)c(O)n2-c2nc3ccc(F)cc3s2)cc1. The lowest BCUT2D eigenvalue weighted by Gasteiger charge is -2.09. The lowest BCUT2D eigenvalue weighted by molar-refractivity contribution is 0.101. The molecule has 0 radical (unpaired) electrons. The van der Waals surface area contributed by atoms with Crippen LogP contribution in [-0.4, -0.2) is 32.7 Å². The number of ether oxygens (including phenoxy) is 1. The van der Waals surface area contributed by atoms with Crippen LogP contribution in [0, 0.1) is 12.7 Å². The van der Waals surface area contributed by atoms with Gasteiger partial charge in [0.25, 0.3) is 0 Å². The van der Waals surface area contributed by atoms with Crippen molar-refractivity contribution < 1.29 is 28.6 Å². The first-order valence-corrected chi connectivity index (χ1v) is 10.7. The summed E-state index contributed by atoms with van der Waals surface area (Å²) >= 11 is 1.11. The van der Waals surface area contributed by atoms with Gasteiger partial charge in [-0.05, 0) is 67.1 Å². The molecule has 3 heterocycles. The minimum absolute atomic E-state index is 0.0149. The molecule has 5 rings (SSSR count). The van der Waals surface area contributed by atoms with Crippen LogP contribution in [0.5, 0.6) is 17.4 Å². The van der Waals surface area contributed by atoms with Crippen molar-refractivity contribution in [2.75, 3.05) is 7.11 Å². The van der Waals surface area contributed by atoms with Gasteiger partial charge >= 0.3 is 0 Å². The van der Waals surface area contributed by atoms with E-state index in [4.69, 9.17) is 9.15 Å². The summed E-state index contributed by atoms with van der Waals surface area (Å²) in [6.45, 7) is 1.70. The second kappa shape index (κ2) is 7.79. The molecule has 0 bridgehead atoms. The van der Waals surface area contributed by atoms with Crippen molar-refractivity contribution in [3.05, 3.63) is 77.5 Å². The Balaban J connectivity index is 1.79. The smallest absolute Gasteiger partial charge is 0.242 e. The average Bonchev–Trinajstić information content (AvgIpc) is 3.49. The van der Waals surface area contributed by atoms with E-state index in [9.17, 15) is 19.4 Å². The predicted molar refractivity (Wildman–Crippen MR) is 121 cm³/mol. The highest BCUT2D eigenvalue weighted by atomic mass is 32.1. The highest BCUT2D eigenvalue weighted by Gasteiger charge is 2.32. The number of ketones is 1. The van der Waals surface area contributed by atoms with E-state index in [0.29, 0.717) is 27.3 Å².